The molecular weight excluding hydrogens is 324 g/mol. The minimum absolute atomic E-state index is 0.0674. The predicted octanol–water partition coefficient (Wildman–Crippen LogP) is 3.23. The Morgan fingerprint density at radius 2 is 1.73 bits per heavy atom. The second kappa shape index (κ2) is 7.49. The molecule has 0 radical (unpaired) electrons. The van der Waals surface area contributed by atoms with Gasteiger partial charge in [-0.05, 0) is 41.8 Å². The third kappa shape index (κ3) is 3.65. The lowest BCUT2D eigenvalue weighted by molar-refractivity contribution is 0.0747. The predicted molar refractivity (Wildman–Crippen MR) is 104 cm³/mol. The lowest BCUT2D eigenvalue weighted by Gasteiger charge is -2.36. The maximum absolute atomic E-state index is 12.7. The van der Waals surface area contributed by atoms with E-state index in [0.29, 0.717) is 43.3 Å². The molecule has 0 saturated carbocycles. The molecule has 26 heavy (non-hydrogen) atoms. The van der Waals surface area contributed by atoms with Crippen LogP contribution in [0, 0.1) is 11.3 Å². The molecule has 1 heterocycles. The molecule has 5 heteroatoms. The average molecular weight is 348 g/mol. The van der Waals surface area contributed by atoms with Crippen molar-refractivity contribution >= 4 is 17.3 Å². The van der Waals surface area contributed by atoms with Gasteiger partial charge < -0.3 is 15.5 Å². The van der Waals surface area contributed by atoms with E-state index in [4.69, 9.17) is 5.73 Å². The quantitative estimate of drug-likeness (QED) is 0.864. The summed E-state index contributed by atoms with van der Waals surface area (Å²) in [6, 6.07) is 15.5. The van der Waals surface area contributed by atoms with Crippen molar-refractivity contribution in [1.82, 2.24) is 4.90 Å². The van der Waals surface area contributed by atoms with Crippen LogP contribution >= 0.6 is 0 Å². The van der Waals surface area contributed by atoms with Gasteiger partial charge in [0.25, 0.3) is 5.91 Å². The fourth-order valence-electron chi connectivity index (χ4n) is 3.26. The molecule has 2 N–H and O–H groups in total. The highest BCUT2D eigenvalue weighted by Gasteiger charge is 2.23. The van der Waals surface area contributed by atoms with Crippen LogP contribution < -0.4 is 10.6 Å². The van der Waals surface area contributed by atoms with Gasteiger partial charge in [0.05, 0.1) is 11.3 Å². The fourth-order valence-corrected chi connectivity index (χ4v) is 3.26. The first-order valence-electron chi connectivity index (χ1n) is 8.93. The number of anilines is 2. The summed E-state index contributed by atoms with van der Waals surface area (Å²) in [5.41, 5.74) is 9.78. The second-order valence-electron chi connectivity index (χ2n) is 6.94. The number of hydrogen-bond acceptors (Lipinski definition) is 4. The van der Waals surface area contributed by atoms with Gasteiger partial charge in [-0.1, -0.05) is 26.0 Å². The number of nitriles is 1. The van der Waals surface area contributed by atoms with Crippen LogP contribution in [0.3, 0.4) is 0 Å². The van der Waals surface area contributed by atoms with E-state index in [1.807, 2.05) is 41.3 Å². The standard InChI is InChI=1S/C21H24N4O/c1-15(2)16-3-5-17(6-4-16)21(26)25-11-9-24(10-12-25)20-8-7-19(23)13-18(20)14-22/h3-8,13,15H,9-12,23H2,1-2H3. The van der Waals surface area contributed by atoms with Crippen LogP contribution in [0.4, 0.5) is 11.4 Å². The fraction of sp³-hybridized carbons (Fsp3) is 0.333. The Balaban J connectivity index is 1.67. The summed E-state index contributed by atoms with van der Waals surface area (Å²) in [6.07, 6.45) is 0. The minimum Gasteiger partial charge on any atom is -0.399 e. The van der Waals surface area contributed by atoms with Crippen LogP contribution in [0.15, 0.2) is 42.5 Å². The molecule has 1 aliphatic heterocycles. The van der Waals surface area contributed by atoms with Crippen LogP contribution in [0.2, 0.25) is 0 Å². The summed E-state index contributed by atoms with van der Waals surface area (Å²) in [6.45, 7) is 6.97. The summed E-state index contributed by atoms with van der Waals surface area (Å²) in [5.74, 6) is 0.523. The van der Waals surface area contributed by atoms with Crippen molar-refractivity contribution < 1.29 is 4.79 Å². The lowest BCUT2D eigenvalue weighted by atomic mass is 10.0. The van der Waals surface area contributed by atoms with Crippen LogP contribution in [0.25, 0.3) is 0 Å². The first-order valence-corrected chi connectivity index (χ1v) is 8.93. The Kier molecular flexibility index (Phi) is 5.13. The molecule has 3 rings (SSSR count). The Bertz CT molecular complexity index is 828. The zero-order chi connectivity index (χ0) is 18.7. The largest absolute Gasteiger partial charge is 0.399 e. The van der Waals surface area contributed by atoms with E-state index in [0.717, 1.165) is 11.3 Å². The molecule has 0 atom stereocenters. The van der Waals surface area contributed by atoms with Crippen molar-refractivity contribution in [3.05, 3.63) is 59.2 Å². The minimum atomic E-state index is 0.0674. The van der Waals surface area contributed by atoms with Gasteiger partial charge in [0.15, 0.2) is 0 Å². The Hall–Kier alpha value is -3.00. The van der Waals surface area contributed by atoms with Gasteiger partial charge in [-0.15, -0.1) is 0 Å². The molecule has 2 aromatic rings. The van der Waals surface area contributed by atoms with Gasteiger partial charge in [-0.2, -0.15) is 5.26 Å². The highest BCUT2D eigenvalue weighted by atomic mass is 16.2. The van der Waals surface area contributed by atoms with E-state index in [9.17, 15) is 10.1 Å². The van der Waals surface area contributed by atoms with Gasteiger partial charge in [-0.3, -0.25) is 4.79 Å². The number of nitrogens with zero attached hydrogens (tertiary/aromatic N) is 3. The number of nitrogens with two attached hydrogens (primary N) is 1. The molecule has 0 aromatic heterocycles. The summed E-state index contributed by atoms with van der Waals surface area (Å²) in [4.78, 5) is 16.8. The molecule has 0 spiro atoms. The van der Waals surface area contributed by atoms with Gasteiger partial charge in [0.2, 0.25) is 0 Å². The number of amides is 1. The molecule has 1 aliphatic rings. The average Bonchev–Trinajstić information content (AvgIpc) is 2.67. The topological polar surface area (TPSA) is 73.4 Å². The molecule has 134 valence electrons. The molecule has 5 nitrogen and oxygen atoms in total. The van der Waals surface area contributed by atoms with E-state index in [1.165, 1.54) is 5.56 Å². The second-order valence-corrected chi connectivity index (χ2v) is 6.94. The molecule has 0 bridgehead atoms. The van der Waals surface area contributed by atoms with Crippen molar-refractivity contribution in [1.29, 1.82) is 5.26 Å². The van der Waals surface area contributed by atoms with Gasteiger partial charge >= 0.3 is 0 Å². The number of hydrogen-bond donors (Lipinski definition) is 1. The number of rotatable bonds is 3. The van der Waals surface area contributed by atoms with Crippen molar-refractivity contribution in [3.63, 3.8) is 0 Å². The molecule has 2 aromatic carbocycles. The van der Waals surface area contributed by atoms with Gasteiger partial charge in [0, 0.05) is 37.4 Å². The van der Waals surface area contributed by atoms with Crippen LogP contribution in [-0.4, -0.2) is 37.0 Å². The zero-order valence-electron chi connectivity index (χ0n) is 15.3. The third-order valence-corrected chi connectivity index (χ3v) is 4.87. The summed E-state index contributed by atoms with van der Waals surface area (Å²) < 4.78 is 0. The van der Waals surface area contributed by atoms with Gasteiger partial charge in [-0.25, -0.2) is 0 Å². The Morgan fingerprint density at radius 1 is 1.08 bits per heavy atom. The maximum Gasteiger partial charge on any atom is 0.253 e. The van der Waals surface area contributed by atoms with Crippen LogP contribution in [0.1, 0.15) is 41.3 Å². The molecule has 1 amide bonds. The zero-order valence-corrected chi connectivity index (χ0v) is 15.3. The highest BCUT2D eigenvalue weighted by molar-refractivity contribution is 5.94. The van der Waals surface area contributed by atoms with Crippen molar-refractivity contribution in [3.8, 4) is 6.07 Å². The number of carbonyl (C=O) groups is 1. The third-order valence-electron chi connectivity index (χ3n) is 4.87. The van der Waals surface area contributed by atoms with Crippen LogP contribution in [-0.2, 0) is 0 Å². The first-order chi connectivity index (χ1) is 12.5. The Morgan fingerprint density at radius 3 is 2.31 bits per heavy atom. The maximum atomic E-state index is 12.7. The van der Waals surface area contributed by atoms with Crippen LogP contribution in [0.5, 0.6) is 0 Å². The number of carbonyl (C=O) groups excluding carboxylic acids is 1. The molecule has 1 fully saturated rings. The number of benzene rings is 2. The van der Waals surface area contributed by atoms with E-state index >= 15 is 0 Å². The summed E-state index contributed by atoms with van der Waals surface area (Å²) in [5, 5.41) is 9.33. The monoisotopic (exact) mass is 348 g/mol. The molecular formula is C21H24N4O. The van der Waals surface area contributed by atoms with E-state index < -0.39 is 0 Å². The molecule has 0 aliphatic carbocycles. The normalized spacial score (nSPS) is 14.4. The molecule has 0 unspecified atom stereocenters. The SMILES string of the molecule is CC(C)c1ccc(C(=O)N2CCN(c3ccc(N)cc3C#N)CC2)cc1. The van der Waals surface area contributed by atoms with E-state index in [2.05, 4.69) is 24.8 Å². The lowest BCUT2D eigenvalue weighted by Crippen LogP contribution is -2.49. The van der Waals surface area contributed by atoms with E-state index in [1.54, 1.807) is 6.07 Å². The number of piperazine rings is 1. The van der Waals surface area contributed by atoms with Crippen molar-refractivity contribution in [2.75, 3.05) is 36.8 Å². The molecule has 1 saturated heterocycles. The first kappa shape index (κ1) is 17.8. The summed E-state index contributed by atoms with van der Waals surface area (Å²) in [7, 11) is 0. The van der Waals surface area contributed by atoms with Crippen molar-refractivity contribution in [2.45, 2.75) is 19.8 Å². The smallest absolute Gasteiger partial charge is 0.253 e. The highest BCUT2D eigenvalue weighted by Crippen LogP contribution is 2.24. The Labute approximate surface area is 154 Å². The van der Waals surface area contributed by atoms with E-state index in [-0.39, 0.29) is 5.91 Å². The van der Waals surface area contributed by atoms with Crippen molar-refractivity contribution in [2.24, 2.45) is 0 Å². The van der Waals surface area contributed by atoms with Gasteiger partial charge in [0.1, 0.15) is 6.07 Å². The summed E-state index contributed by atoms with van der Waals surface area (Å²) >= 11 is 0. The number of nitrogen functional groups attached to an aromatic ring is 1.